The van der Waals surface area contributed by atoms with Gasteiger partial charge in [0, 0.05) is 25.2 Å². The van der Waals surface area contributed by atoms with Gasteiger partial charge < -0.3 is 15.0 Å². The van der Waals surface area contributed by atoms with Crippen LogP contribution in [0.4, 0.5) is 0 Å². The molecule has 0 aromatic carbocycles. The molecule has 0 radical (unpaired) electrons. The van der Waals surface area contributed by atoms with Crippen molar-refractivity contribution in [3.8, 4) is 0 Å². The summed E-state index contributed by atoms with van der Waals surface area (Å²) < 4.78 is 0. The molecule has 0 spiro atoms. The van der Waals surface area contributed by atoms with E-state index in [-0.39, 0.29) is 12.2 Å². The van der Waals surface area contributed by atoms with E-state index >= 15 is 0 Å². The maximum atomic E-state index is 10.8. The van der Waals surface area contributed by atoms with Crippen LogP contribution in [0.5, 0.6) is 0 Å². The van der Waals surface area contributed by atoms with Crippen LogP contribution in [0.25, 0.3) is 0 Å². The Morgan fingerprint density at radius 2 is 1.92 bits per heavy atom. The first-order valence-corrected chi connectivity index (χ1v) is 3.81. The zero-order valence-corrected chi connectivity index (χ0v) is 7.29. The molecule has 0 unspecified atom stereocenters. The molecule has 0 saturated heterocycles. The molecule has 0 amide bonds. The van der Waals surface area contributed by atoms with Crippen LogP contribution in [0.15, 0.2) is 0 Å². The summed E-state index contributed by atoms with van der Waals surface area (Å²) in [6.07, 6.45) is -0.320. The topological polar surface area (TPSA) is 77.4 Å². The van der Waals surface area contributed by atoms with Crippen LogP contribution < -0.4 is 5.11 Å². The van der Waals surface area contributed by atoms with Crippen molar-refractivity contribution in [3.05, 3.63) is 0 Å². The van der Waals surface area contributed by atoms with Gasteiger partial charge in [-0.1, -0.05) is 6.92 Å². The minimum absolute atomic E-state index is 0.128. The number of ketones is 1. The molecule has 0 rings (SSSR count). The van der Waals surface area contributed by atoms with Gasteiger partial charge in [-0.25, -0.2) is 0 Å². The molecule has 4 heteroatoms. The minimum Gasteiger partial charge on any atom is -0.550 e. The number of Topliss-reactive ketones (excluding diaryl/α,β-unsaturated/α-hetero) is 1. The Hall–Kier alpha value is -0.900. The second kappa shape index (κ2) is 4.21. The fourth-order valence-electron chi connectivity index (χ4n) is 0.923. The maximum absolute atomic E-state index is 10.8. The Labute approximate surface area is 71.2 Å². The molecule has 0 aliphatic carbocycles. The Kier molecular flexibility index (Phi) is 3.89. The number of rotatable bonds is 5. The third kappa shape index (κ3) is 4.85. The molecule has 0 aliphatic rings. The Balaban J connectivity index is 4.03. The van der Waals surface area contributed by atoms with Crippen LogP contribution in [0, 0.1) is 0 Å². The largest absolute Gasteiger partial charge is 0.550 e. The third-order valence-corrected chi connectivity index (χ3v) is 1.50. The summed E-state index contributed by atoms with van der Waals surface area (Å²) in [6.45, 7) is 2.98. The first-order valence-electron chi connectivity index (χ1n) is 3.81. The molecule has 0 fully saturated rings. The standard InChI is InChI=1S/C8H14O4/c1-3-6(9)4-8(2,12)5-7(10)11/h12H,3-5H2,1-2H3,(H,10,11)/p-1/t8-/m1/s1. The van der Waals surface area contributed by atoms with Gasteiger partial charge in [0.1, 0.15) is 5.78 Å². The number of carbonyl (C=O) groups excluding carboxylic acids is 2. The molecule has 0 aromatic rings. The summed E-state index contributed by atoms with van der Waals surface area (Å²) in [5, 5.41) is 19.4. The lowest BCUT2D eigenvalue weighted by molar-refractivity contribution is -0.309. The molecular formula is C8H13O4-. The lowest BCUT2D eigenvalue weighted by Gasteiger charge is -2.22. The van der Waals surface area contributed by atoms with Crippen LogP contribution in [0.2, 0.25) is 0 Å². The van der Waals surface area contributed by atoms with Crippen LogP contribution in [0.3, 0.4) is 0 Å². The van der Waals surface area contributed by atoms with Crippen LogP contribution in [0.1, 0.15) is 33.1 Å². The van der Waals surface area contributed by atoms with Gasteiger partial charge in [-0.05, 0) is 6.92 Å². The van der Waals surface area contributed by atoms with Gasteiger partial charge in [0.15, 0.2) is 0 Å². The second-order valence-corrected chi connectivity index (χ2v) is 3.11. The van der Waals surface area contributed by atoms with E-state index in [1.165, 1.54) is 6.92 Å². The van der Waals surface area contributed by atoms with E-state index in [1.54, 1.807) is 6.92 Å². The number of carbonyl (C=O) groups is 2. The molecule has 0 aromatic heterocycles. The molecule has 70 valence electrons. The highest BCUT2D eigenvalue weighted by Gasteiger charge is 2.23. The number of carboxylic acids is 1. The molecule has 1 atom stereocenters. The highest BCUT2D eigenvalue weighted by molar-refractivity contribution is 5.80. The maximum Gasteiger partial charge on any atom is 0.135 e. The van der Waals surface area contributed by atoms with Crippen LogP contribution in [-0.4, -0.2) is 22.5 Å². The van der Waals surface area contributed by atoms with Gasteiger partial charge in [0.25, 0.3) is 0 Å². The molecule has 1 N–H and O–H groups in total. The Morgan fingerprint density at radius 3 is 2.25 bits per heavy atom. The van der Waals surface area contributed by atoms with E-state index in [9.17, 15) is 19.8 Å². The molecule has 4 nitrogen and oxygen atoms in total. The Bertz CT molecular complexity index is 183. The van der Waals surface area contributed by atoms with Crippen molar-refractivity contribution in [2.45, 2.75) is 38.7 Å². The van der Waals surface area contributed by atoms with Crippen molar-refractivity contribution >= 4 is 11.8 Å². The van der Waals surface area contributed by atoms with E-state index in [1.807, 2.05) is 0 Å². The highest BCUT2D eigenvalue weighted by Crippen LogP contribution is 2.14. The van der Waals surface area contributed by atoms with Crippen molar-refractivity contribution in [2.24, 2.45) is 0 Å². The third-order valence-electron chi connectivity index (χ3n) is 1.50. The fourth-order valence-corrected chi connectivity index (χ4v) is 0.923. The second-order valence-electron chi connectivity index (χ2n) is 3.11. The first kappa shape index (κ1) is 11.1. The number of aliphatic hydroxyl groups is 1. The zero-order valence-electron chi connectivity index (χ0n) is 7.29. The molecule has 0 aliphatic heterocycles. The molecule has 0 saturated carbocycles. The van der Waals surface area contributed by atoms with Gasteiger partial charge >= 0.3 is 0 Å². The van der Waals surface area contributed by atoms with E-state index < -0.39 is 18.0 Å². The number of carboxylic acid groups (broad SMARTS) is 1. The Morgan fingerprint density at radius 1 is 1.42 bits per heavy atom. The number of hydrogen-bond donors (Lipinski definition) is 1. The summed E-state index contributed by atoms with van der Waals surface area (Å²) in [4.78, 5) is 20.9. The fraction of sp³-hybridized carbons (Fsp3) is 0.750. The van der Waals surface area contributed by atoms with Gasteiger partial charge in [-0.15, -0.1) is 0 Å². The quantitative estimate of drug-likeness (QED) is 0.593. The van der Waals surface area contributed by atoms with Crippen molar-refractivity contribution in [2.75, 3.05) is 0 Å². The van der Waals surface area contributed by atoms with Crippen molar-refractivity contribution in [3.63, 3.8) is 0 Å². The zero-order chi connectivity index (χ0) is 9.78. The molecule has 0 bridgehead atoms. The monoisotopic (exact) mass is 173 g/mol. The average molecular weight is 173 g/mol. The average Bonchev–Trinajstić information content (AvgIpc) is 1.83. The predicted octanol–water partition coefficient (Wildman–Crippen LogP) is -0.753. The van der Waals surface area contributed by atoms with Crippen LogP contribution in [-0.2, 0) is 9.59 Å². The highest BCUT2D eigenvalue weighted by atomic mass is 16.4. The van der Waals surface area contributed by atoms with Crippen molar-refractivity contribution < 1.29 is 19.8 Å². The van der Waals surface area contributed by atoms with E-state index in [0.717, 1.165) is 0 Å². The molecule has 12 heavy (non-hydrogen) atoms. The van der Waals surface area contributed by atoms with Gasteiger partial charge in [-0.2, -0.15) is 0 Å². The number of aliphatic carboxylic acids is 1. The molecular weight excluding hydrogens is 160 g/mol. The SMILES string of the molecule is CCC(=O)C[C@@](C)(O)CC(=O)[O-]. The normalized spacial score (nSPS) is 15.2. The summed E-state index contributed by atoms with van der Waals surface area (Å²) in [5.74, 6) is -1.50. The smallest absolute Gasteiger partial charge is 0.135 e. The van der Waals surface area contributed by atoms with Crippen LogP contribution >= 0.6 is 0 Å². The van der Waals surface area contributed by atoms with E-state index in [4.69, 9.17) is 0 Å². The van der Waals surface area contributed by atoms with Gasteiger partial charge in [0.05, 0.1) is 5.60 Å². The minimum atomic E-state index is -1.47. The summed E-state index contributed by atoms with van der Waals surface area (Å²) in [6, 6.07) is 0. The van der Waals surface area contributed by atoms with Gasteiger partial charge in [0.2, 0.25) is 0 Å². The lowest BCUT2D eigenvalue weighted by atomic mass is 9.95. The molecule has 0 heterocycles. The predicted molar refractivity (Wildman–Crippen MR) is 40.2 cm³/mol. The van der Waals surface area contributed by atoms with Crippen molar-refractivity contribution in [1.82, 2.24) is 0 Å². The number of hydrogen-bond acceptors (Lipinski definition) is 4. The first-order chi connectivity index (χ1) is 5.37. The van der Waals surface area contributed by atoms with Gasteiger partial charge in [-0.3, -0.25) is 4.79 Å². The lowest BCUT2D eigenvalue weighted by Crippen LogP contribution is -2.36. The summed E-state index contributed by atoms with van der Waals surface area (Å²) in [7, 11) is 0. The van der Waals surface area contributed by atoms with E-state index in [0.29, 0.717) is 6.42 Å². The van der Waals surface area contributed by atoms with Crippen molar-refractivity contribution in [1.29, 1.82) is 0 Å². The summed E-state index contributed by atoms with van der Waals surface area (Å²) in [5.41, 5.74) is -1.47. The summed E-state index contributed by atoms with van der Waals surface area (Å²) >= 11 is 0. The van der Waals surface area contributed by atoms with E-state index in [2.05, 4.69) is 0 Å².